The summed E-state index contributed by atoms with van der Waals surface area (Å²) in [6.07, 6.45) is 6.18. The Hall–Kier alpha value is -0.810. The fourth-order valence-electron chi connectivity index (χ4n) is 2.79. The molecule has 2 heterocycles. The molecule has 3 rings (SSSR count). The number of hydrogen-bond donors (Lipinski definition) is 0. The molecule has 1 saturated carbocycles. The van der Waals surface area contributed by atoms with Crippen LogP contribution in [0.4, 0.5) is 5.82 Å². The highest BCUT2D eigenvalue weighted by Crippen LogP contribution is 2.46. The minimum atomic E-state index is -0.465. The Morgan fingerprint density at radius 1 is 1.42 bits per heavy atom. The van der Waals surface area contributed by atoms with Gasteiger partial charge in [-0.1, -0.05) is 12.8 Å². The van der Waals surface area contributed by atoms with E-state index in [-0.39, 0.29) is 17.2 Å². The van der Waals surface area contributed by atoms with Gasteiger partial charge in [-0.15, -0.1) is 11.8 Å². The lowest BCUT2D eigenvalue weighted by Gasteiger charge is -2.39. The smallest absolute Gasteiger partial charge is 0.244 e. The van der Waals surface area contributed by atoms with Crippen LogP contribution in [0.25, 0.3) is 0 Å². The highest BCUT2D eigenvalue weighted by Gasteiger charge is 2.44. The van der Waals surface area contributed by atoms with Crippen molar-refractivity contribution in [2.75, 3.05) is 4.90 Å². The van der Waals surface area contributed by atoms with E-state index in [4.69, 9.17) is 11.6 Å². The summed E-state index contributed by atoms with van der Waals surface area (Å²) >= 11 is 7.42. The molecule has 1 aromatic heterocycles. The van der Waals surface area contributed by atoms with Gasteiger partial charge in [-0.3, -0.25) is 9.69 Å². The number of nitrogens with zero attached hydrogens (tertiary/aromatic N) is 3. The van der Waals surface area contributed by atoms with E-state index in [1.54, 1.807) is 6.20 Å². The molecular formula is C13H16ClN3OS. The average Bonchev–Trinajstić information content (AvgIpc) is 2.85. The zero-order valence-electron chi connectivity index (χ0n) is 11.0. The van der Waals surface area contributed by atoms with Gasteiger partial charge < -0.3 is 0 Å². The summed E-state index contributed by atoms with van der Waals surface area (Å²) in [7, 11) is 0. The van der Waals surface area contributed by atoms with E-state index in [2.05, 4.69) is 9.97 Å². The molecule has 1 amide bonds. The fourth-order valence-corrected chi connectivity index (χ4v) is 4.00. The number of hydrogen-bond acceptors (Lipinski definition) is 4. The Bertz CT molecular complexity index is 529. The van der Waals surface area contributed by atoms with Crippen molar-refractivity contribution >= 4 is 35.1 Å². The van der Waals surface area contributed by atoms with Gasteiger partial charge >= 0.3 is 0 Å². The first-order valence-corrected chi connectivity index (χ1v) is 7.74. The lowest BCUT2D eigenvalue weighted by molar-refractivity contribution is -0.120. The standard InChI is InChI=1S/C13H16ClN3OS/c1-13(2)11(18)17(8-5-3-4-6-8)10-9(19-13)7-15-12(14)16-10/h7-8H,3-6H2,1-2H3. The molecule has 2 aliphatic rings. The summed E-state index contributed by atoms with van der Waals surface area (Å²) in [6.45, 7) is 3.92. The Balaban J connectivity index is 2.09. The second kappa shape index (κ2) is 4.63. The van der Waals surface area contributed by atoms with E-state index >= 15 is 0 Å². The van der Waals surface area contributed by atoms with Gasteiger partial charge in [-0.2, -0.15) is 4.98 Å². The van der Waals surface area contributed by atoms with Crippen LogP contribution in [0.1, 0.15) is 39.5 Å². The largest absolute Gasteiger partial charge is 0.291 e. The second-order valence-corrected chi connectivity index (χ2v) is 7.56. The van der Waals surface area contributed by atoms with Crippen LogP contribution in [-0.4, -0.2) is 26.7 Å². The van der Waals surface area contributed by atoms with E-state index in [0.717, 1.165) is 17.7 Å². The third-order valence-corrected chi connectivity index (χ3v) is 5.10. The number of carbonyl (C=O) groups is 1. The zero-order valence-corrected chi connectivity index (χ0v) is 12.6. The topological polar surface area (TPSA) is 46.1 Å². The predicted octanol–water partition coefficient (Wildman–Crippen LogP) is 3.29. The quantitative estimate of drug-likeness (QED) is 0.746. The molecule has 1 aromatic rings. The van der Waals surface area contributed by atoms with Gasteiger partial charge in [-0.05, 0) is 38.3 Å². The number of halogens is 1. The maximum absolute atomic E-state index is 12.7. The molecule has 0 N–H and O–H groups in total. The van der Waals surface area contributed by atoms with Gasteiger partial charge in [0.1, 0.15) is 0 Å². The number of fused-ring (bicyclic) bond motifs is 1. The molecule has 102 valence electrons. The third kappa shape index (κ3) is 2.23. The number of rotatable bonds is 1. The summed E-state index contributed by atoms with van der Waals surface area (Å²) < 4.78 is -0.465. The van der Waals surface area contributed by atoms with Gasteiger partial charge in [0.25, 0.3) is 0 Å². The van der Waals surface area contributed by atoms with Gasteiger partial charge in [0, 0.05) is 12.2 Å². The lowest BCUT2D eigenvalue weighted by atomic mass is 10.1. The van der Waals surface area contributed by atoms with Crippen molar-refractivity contribution in [3.63, 3.8) is 0 Å². The maximum atomic E-state index is 12.7. The van der Waals surface area contributed by atoms with Crippen molar-refractivity contribution < 1.29 is 4.79 Å². The van der Waals surface area contributed by atoms with E-state index in [0.29, 0.717) is 5.82 Å². The van der Waals surface area contributed by atoms with Crippen LogP contribution in [0.5, 0.6) is 0 Å². The summed E-state index contributed by atoms with van der Waals surface area (Å²) in [6, 6.07) is 0.261. The van der Waals surface area contributed by atoms with E-state index in [9.17, 15) is 4.79 Å². The molecule has 0 atom stereocenters. The second-order valence-electron chi connectivity index (χ2n) is 5.55. The first-order chi connectivity index (χ1) is 8.99. The highest BCUT2D eigenvalue weighted by molar-refractivity contribution is 8.01. The number of aromatic nitrogens is 2. The van der Waals surface area contributed by atoms with Crippen LogP contribution in [-0.2, 0) is 4.79 Å². The van der Waals surface area contributed by atoms with Crippen LogP contribution in [0.3, 0.4) is 0 Å². The Kier molecular flexibility index (Phi) is 3.21. The minimum absolute atomic E-state index is 0.131. The first kappa shape index (κ1) is 13.2. The van der Waals surface area contributed by atoms with Crippen molar-refractivity contribution in [3.05, 3.63) is 11.5 Å². The molecule has 0 unspecified atom stereocenters. The molecule has 0 radical (unpaired) electrons. The van der Waals surface area contributed by atoms with Crippen LogP contribution in [0, 0.1) is 0 Å². The van der Waals surface area contributed by atoms with E-state index in [1.807, 2.05) is 18.7 Å². The molecule has 6 heteroatoms. The molecule has 1 aliphatic carbocycles. The number of thioether (sulfide) groups is 1. The Labute approximate surface area is 121 Å². The number of amides is 1. The first-order valence-electron chi connectivity index (χ1n) is 6.54. The average molecular weight is 298 g/mol. The molecule has 0 aromatic carbocycles. The minimum Gasteiger partial charge on any atom is -0.291 e. The summed E-state index contributed by atoms with van der Waals surface area (Å²) in [5, 5.41) is 0.204. The molecular weight excluding hydrogens is 282 g/mol. The van der Waals surface area contributed by atoms with Gasteiger partial charge in [-0.25, -0.2) is 4.98 Å². The SMILES string of the molecule is CC1(C)Sc2cnc(Cl)nc2N(C2CCCC2)C1=O. The molecule has 0 bridgehead atoms. The normalized spacial score (nSPS) is 22.7. The predicted molar refractivity (Wildman–Crippen MR) is 76.7 cm³/mol. The Morgan fingerprint density at radius 3 is 2.79 bits per heavy atom. The summed E-state index contributed by atoms with van der Waals surface area (Å²) in [4.78, 5) is 23.9. The number of anilines is 1. The van der Waals surface area contributed by atoms with Gasteiger partial charge in [0.15, 0.2) is 5.82 Å². The monoisotopic (exact) mass is 297 g/mol. The summed E-state index contributed by atoms with van der Waals surface area (Å²) in [5.41, 5.74) is 0. The van der Waals surface area contributed by atoms with Gasteiger partial charge in [0.2, 0.25) is 11.2 Å². The van der Waals surface area contributed by atoms with E-state index in [1.165, 1.54) is 24.6 Å². The molecule has 1 aliphatic heterocycles. The maximum Gasteiger partial charge on any atom is 0.244 e. The molecule has 0 saturated heterocycles. The van der Waals surface area contributed by atoms with Crippen molar-refractivity contribution in [3.8, 4) is 0 Å². The van der Waals surface area contributed by atoms with Crippen molar-refractivity contribution in [2.24, 2.45) is 0 Å². The van der Waals surface area contributed by atoms with Crippen LogP contribution in [0.2, 0.25) is 5.28 Å². The Morgan fingerprint density at radius 2 is 2.11 bits per heavy atom. The van der Waals surface area contributed by atoms with Crippen LogP contribution in [0.15, 0.2) is 11.1 Å². The molecule has 4 nitrogen and oxygen atoms in total. The van der Waals surface area contributed by atoms with Crippen molar-refractivity contribution in [1.29, 1.82) is 0 Å². The number of carbonyl (C=O) groups excluding carboxylic acids is 1. The highest BCUT2D eigenvalue weighted by atomic mass is 35.5. The van der Waals surface area contributed by atoms with Crippen molar-refractivity contribution in [2.45, 2.75) is 55.2 Å². The van der Waals surface area contributed by atoms with Crippen molar-refractivity contribution in [1.82, 2.24) is 9.97 Å². The van der Waals surface area contributed by atoms with Gasteiger partial charge in [0.05, 0.1) is 9.64 Å². The molecule has 1 fully saturated rings. The lowest BCUT2D eigenvalue weighted by Crippen LogP contribution is -2.51. The zero-order chi connectivity index (χ0) is 13.6. The van der Waals surface area contributed by atoms with Crippen LogP contribution >= 0.6 is 23.4 Å². The third-order valence-electron chi connectivity index (χ3n) is 3.72. The molecule has 0 spiro atoms. The van der Waals surface area contributed by atoms with E-state index < -0.39 is 4.75 Å². The molecule has 19 heavy (non-hydrogen) atoms. The fraction of sp³-hybridized carbons (Fsp3) is 0.615. The van der Waals surface area contributed by atoms with Crippen LogP contribution < -0.4 is 4.90 Å². The summed E-state index contributed by atoms with van der Waals surface area (Å²) in [5.74, 6) is 0.827.